The summed E-state index contributed by atoms with van der Waals surface area (Å²) in [6, 6.07) is 17.1. The maximum Gasteiger partial charge on any atom is 0.254 e. The Balaban J connectivity index is 1.25. The number of nitrogens with zero attached hydrogens (tertiary/aromatic N) is 3. The Morgan fingerprint density at radius 1 is 1.11 bits per heavy atom. The first-order valence-electron chi connectivity index (χ1n) is 14.9. The van der Waals surface area contributed by atoms with Crippen molar-refractivity contribution in [1.29, 1.82) is 0 Å². The number of rotatable bonds is 4. The van der Waals surface area contributed by atoms with Crippen molar-refractivity contribution >= 4 is 28.8 Å². The minimum atomic E-state index is -0.518. The molecule has 2 atom stereocenters. The van der Waals surface area contributed by atoms with Gasteiger partial charge in [-0.15, -0.1) is 0 Å². The molecule has 0 radical (unpaired) electrons. The average Bonchev–Trinajstić information content (AvgIpc) is 3.46. The summed E-state index contributed by atoms with van der Waals surface area (Å²) in [5.74, 6) is 0.972. The van der Waals surface area contributed by atoms with Crippen LogP contribution in [0.5, 0.6) is 17.2 Å². The Labute approximate surface area is 259 Å². The molecule has 1 saturated heterocycles. The Kier molecular flexibility index (Phi) is 8.67. The Hall–Kier alpha value is -4.94. The SMILES string of the molecule is CCOc1cc2cc(c1)C(=O)N(C)CC(=O)N[C@H]1CN(C(=O)c3ccc4nc(CO)[nH]c4c3)CC[C@H]1OCc1cccc(c1)O2. The van der Waals surface area contributed by atoms with Gasteiger partial charge < -0.3 is 39.4 Å². The van der Waals surface area contributed by atoms with E-state index in [4.69, 9.17) is 14.2 Å². The van der Waals surface area contributed by atoms with E-state index in [0.29, 0.717) is 64.8 Å². The van der Waals surface area contributed by atoms with Gasteiger partial charge in [0.1, 0.15) is 29.7 Å². The number of imidazole rings is 1. The second kappa shape index (κ2) is 13.0. The van der Waals surface area contributed by atoms with E-state index in [9.17, 15) is 19.5 Å². The van der Waals surface area contributed by atoms with Gasteiger partial charge in [-0.05, 0) is 61.4 Å². The van der Waals surface area contributed by atoms with Crippen LogP contribution in [0.15, 0.2) is 60.7 Å². The molecule has 0 saturated carbocycles. The van der Waals surface area contributed by atoms with Crippen molar-refractivity contribution in [3.8, 4) is 17.2 Å². The number of aromatic amines is 1. The van der Waals surface area contributed by atoms with Crippen LogP contribution in [0.25, 0.3) is 11.0 Å². The van der Waals surface area contributed by atoms with Crippen molar-refractivity contribution in [2.45, 2.75) is 38.7 Å². The lowest BCUT2D eigenvalue weighted by molar-refractivity contribution is -0.124. The predicted molar refractivity (Wildman–Crippen MR) is 164 cm³/mol. The van der Waals surface area contributed by atoms with Gasteiger partial charge in [-0.3, -0.25) is 14.4 Å². The zero-order valence-electron chi connectivity index (χ0n) is 25.1. The number of likely N-dealkylation sites (tertiary alicyclic amines) is 1. The van der Waals surface area contributed by atoms with E-state index in [1.807, 2.05) is 31.2 Å². The molecular formula is C33H35N5O7. The van der Waals surface area contributed by atoms with E-state index in [1.54, 1.807) is 48.3 Å². The third-order valence-electron chi connectivity index (χ3n) is 7.87. The molecule has 6 rings (SSSR count). The highest BCUT2D eigenvalue weighted by Crippen LogP contribution is 2.29. The zero-order chi connectivity index (χ0) is 31.5. The van der Waals surface area contributed by atoms with Crippen LogP contribution in [0.3, 0.4) is 0 Å². The largest absolute Gasteiger partial charge is 0.494 e. The number of benzene rings is 3. The van der Waals surface area contributed by atoms with Crippen LogP contribution >= 0.6 is 0 Å². The van der Waals surface area contributed by atoms with Crippen molar-refractivity contribution in [2.75, 3.05) is 33.3 Å². The monoisotopic (exact) mass is 613 g/mol. The lowest BCUT2D eigenvalue weighted by Gasteiger charge is -2.39. The van der Waals surface area contributed by atoms with Gasteiger partial charge in [0.05, 0.1) is 42.9 Å². The lowest BCUT2D eigenvalue weighted by Crippen LogP contribution is -2.58. The number of aliphatic hydroxyl groups is 1. The molecular weight excluding hydrogens is 578 g/mol. The number of piperidine rings is 1. The minimum absolute atomic E-state index is 0.195. The Bertz CT molecular complexity index is 1740. The second-order valence-electron chi connectivity index (χ2n) is 11.2. The molecule has 234 valence electrons. The summed E-state index contributed by atoms with van der Waals surface area (Å²) in [7, 11) is 1.56. The topological polar surface area (TPSA) is 146 Å². The molecule has 0 aliphatic carbocycles. The molecule has 3 N–H and O–H groups in total. The van der Waals surface area contributed by atoms with Gasteiger partial charge in [0.15, 0.2) is 0 Å². The highest BCUT2D eigenvalue weighted by atomic mass is 16.5. The first-order chi connectivity index (χ1) is 21.8. The average molecular weight is 614 g/mol. The molecule has 4 bridgehead atoms. The lowest BCUT2D eigenvalue weighted by atomic mass is 10.00. The van der Waals surface area contributed by atoms with Gasteiger partial charge in [-0.25, -0.2) is 4.98 Å². The van der Waals surface area contributed by atoms with Crippen LogP contribution in [0.4, 0.5) is 0 Å². The van der Waals surface area contributed by atoms with Gasteiger partial charge in [-0.1, -0.05) is 12.1 Å². The van der Waals surface area contributed by atoms with Crippen molar-refractivity contribution in [2.24, 2.45) is 0 Å². The fourth-order valence-electron chi connectivity index (χ4n) is 5.71. The number of hydrogen-bond donors (Lipinski definition) is 3. The number of aromatic nitrogens is 2. The Morgan fingerprint density at radius 2 is 1.98 bits per heavy atom. The smallest absolute Gasteiger partial charge is 0.254 e. The molecule has 3 aromatic carbocycles. The summed E-state index contributed by atoms with van der Waals surface area (Å²) in [5.41, 5.74) is 2.96. The van der Waals surface area contributed by atoms with E-state index >= 15 is 0 Å². The molecule has 12 nitrogen and oxygen atoms in total. The number of H-pyrrole nitrogens is 1. The van der Waals surface area contributed by atoms with Crippen molar-refractivity contribution in [3.05, 3.63) is 83.2 Å². The zero-order valence-corrected chi connectivity index (χ0v) is 25.1. The fourth-order valence-corrected chi connectivity index (χ4v) is 5.71. The molecule has 4 aromatic rings. The van der Waals surface area contributed by atoms with Crippen molar-refractivity contribution < 1.29 is 33.7 Å². The maximum absolute atomic E-state index is 13.6. The van der Waals surface area contributed by atoms with Crippen LogP contribution < -0.4 is 14.8 Å². The van der Waals surface area contributed by atoms with Gasteiger partial charge in [0.25, 0.3) is 11.8 Å². The van der Waals surface area contributed by atoms with E-state index in [0.717, 1.165) is 5.56 Å². The third-order valence-corrected chi connectivity index (χ3v) is 7.87. The summed E-state index contributed by atoms with van der Waals surface area (Å²) in [5, 5.41) is 12.4. The minimum Gasteiger partial charge on any atom is -0.494 e. The summed E-state index contributed by atoms with van der Waals surface area (Å²) < 4.78 is 18.1. The number of hydrogen-bond acceptors (Lipinski definition) is 8. The number of aliphatic hydroxyl groups excluding tert-OH is 1. The van der Waals surface area contributed by atoms with E-state index in [-0.39, 0.29) is 50.1 Å². The summed E-state index contributed by atoms with van der Waals surface area (Å²) in [6.45, 7) is 2.75. The molecule has 0 unspecified atom stereocenters. The molecule has 2 aliphatic heterocycles. The highest BCUT2D eigenvalue weighted by Gasteiger charge is 2.34. The normalized spacial score (nSPS) is 19.1. The molecule has 45 heavy (non-hydrogen) atoms. The molecule has 3 heterocycles. The summed E-state index contributed by atoms with van der Waals surface area (Å²) >= 11 is 0. The molecule has 3 amide bonds. The number of ether oxygens (including phenoxy) is 3. The molecule has 0 spiro atoms. The number of nitrogens with one attached hydrogen (secondary N) is 2. The van der Waals surface area contributed by atoms with Crippen molar-refractivity contribution in [3.63, 3.8) is 0 Å². The van der Waals surface area contributed by atoms with Crippen LogP contribution in [0.1, 0.15) is 45.4 Å². The van der Waals surface area contributed by atoms with E-state index < -0.39 is 6.04 Å². The van der Waals surface area contributed by atoms with Crippen LogP contribution in [0.2, 0.25) is 0 Å². The number of fused-ring (bicyclic) bond motifs is 6. The first-order valence-corrected chi connectivity index (χ1v) is 14.9. The summed E-state index contributed by atoms with van der Waals surface area (Å²) in [4.78, 5) is 50.6. The van der Waals surface area contributed by atoms with Gasteiger partial charge in [0, 0.05) is 37.3 Å². The number of carbonyl (C=O) groups excluding carboxylic acids is 3. The predicted octanol–water partition coefficient (Wildman–Crippen LogP) is 3.25. The molecule has 1 fully saturated rings. The molecule has 2 aliphatic rings. The number of carbonyl (C=O) groups is 3. The highest BCUT2D eigenvalue weighted by molar-refractivity contribution is 5.98. The van der Waals surface area contributed by atoms with E-state index in [2.05, 4.69) is 15.3 Å². The van der Waals surface area contributed by atoms with Crippen molar-refractivity contribution in [1.82, 2.24) is 25.1 Å². The Morgan fingerprint density at radius 3 is 2.80 bits per heavy atom. The maximum atomic E-state index is 13.6. The van der Waals surface area contributed by atoms with Crippen LogP contribution in [-0.2, 0) is 22.7 Å². The number of likely N-dealkylation sites (N-methyl/N-ethyl adjacent to an activating group) is 1. The first kappa shape index (κ1) is 30.1. The van der Waals surface area contributed by atoms with Gasteiger partial charge in [-0.2, -0.15) is 0 Å². The van der Waals surface area contributed by atoms with Crippen LogP contribution in [0, 0.1) is 0 Å². The second-order valence-corrected chi connectivity index (χ2v) is 11.2. The summed E-state index contributed by atoms with van der Waals surface area (Å²) in [6.07, 6.45) is 0.119. The molecule has 1 aromatic heterocycles. The standard InChI is InChI=1S/C33H35N5O7/c1-3-43-24-12-22-13-25(15-24)45-23-6-4-5-20(11-23)19-44-29-9-10-38(16-28(29)36-31(40)17-37(2)32(22)41)33(42)21-7-8-26-27(14-21)35-30(18-39)34-26/h4-8,11-15,28-29,39H,3,9-10,16-19H2,1-2H3,(H,34,35)(H,36,40)/t28-,29+/m0/s1. The molecule has 12 heteroatoms. The number of amides is 3. The fraction of sp³-hybridized carbons (Fsp3) is 0.333. The van der Waals surface area contributed by atoms with Gasteiger partial charge >= 0.3 is 0 Å². The third kappa shape index (κ3) is 6.76. The van der Waals surface area contributed by atoms with E-state index in [1.165, 1.54) is 4.90 Å². The quantitative estimate of drug-likeness (QED) is 0.318. The van der Waals surface area contributed by atoms with Gasteiger partial charge in [0.2, 0.25) is 5.91 Å². The van der Waals surface area contributed by atoms with Crippen LogP contribution in [-0.4, -0.2) is 88.0 Å².